The lowest BCUT2D eigenvalue weighted by Gasteiger charge is -2.25. The molecular formula is C25H24ClFN2O2. The SMILES string of the molecule is COc1ccc(C2NCCc3c2[nH]c2ccccc32)cc1COc1ccc(F)cc1.Cl. The van der Waals surface area contributed by atoms with Crippen molar-refractivity contribution in [3.8, 4) is 11.5 Å². The predicted octanol–water partition coefficient (Wildman–Crippen LogP) is 5.55. The maximum absolute atomic E-state index is 13.1. The minimum absolute atomic E-state index is 0. The molecule has 1 aliphatic heterocycles. The Hall–Kier alpha value is -3.02. The van der Waals surface area contributed by atoms with Crippen molar-refractivity contribution in [2.75, 3.05) is 13.7 Å². The van der Waals surface area contributed by atoms with E-state index in [4.69, 9.17) is 9.47 Å². The maximum atomic E-state index is 13.1. The first-order valence-electron chi connectivity index (χ1n) is 10.1. The van der Waals surface area contributed by atoms with Gasteiger partial charge in [-0.3, -0.25) is 0 Å². The average molecular weight is 439 g/mol. The van der Waals surface area contributed by atoms with Gasteiger partial charge in [-0.25, -0.2) is 4.39 Å². The van der Waals surface area contributed by atoms with Crippen molar-refractivity contribution in [3.05, 3.63) is 94.9 Å². The average Bonchev–Trinajstić information content (AvgIpc) is 3.17. The van der Waals surface area contributed by atoms with E-state index in [2.05, 4.69) is 46.7 Å². The van der Waals surface area contributed by atoms with Crippen LogP contribution in [0, 0.1) is 5.82 Å². The van der Waals surface area contributed by atoms with E-state index in [1.807, 2.05) is 6.07 Å². The molecule has 2 heterocycles. The highest BCUT2D eigenvalue weighted by Gasteiger charge is 2.25. The standard InChI is InChI=1S/C25H23FN2O2.ClH/c1-29-23-11-6-16(14-17(23)15-30-19-9-7-18(26)8-10-19)24-25-21(12-13-27-24)20-4-2-3-5-22(20)28-25;/h2-11,14,24,27-28H,12-13,15H2,1H3;1H. The Labute approximate surface area is 186 Å². The summed E-state index contributed by atoms with van der Waals surface area (Å²) in [6.07, 6.45) is 1.01. The first-order valence-corrected chi connectivity index (χ1v) is 10.1. The highest BCUT2D eigenvalue weighted by atomic mass is 35.5. The highest BCUT2D eigenvalue weighted by molar-refractivity contribution is 5.85. The van der Waals surface area contributed by atoms with Gasteiger partial charge in [0.25, 0.3) is 0 Å². The summed E-state index contributed by atoms with van der Waals surface area (Å²) in [6, 6.07) is 20.8. The molecule has 4 nitrogen and oxygen atoms in total. The van der Waals surface area contributed by atoms with Crippen LogP contribution in [0.4, 0.5) is 4.39 Å². The number of nitrogens with one attached hydrogen (secondary N) is 2. The summed E-state index contributed by atoms with van der Waals surface area (Å²) in [4.78, 5) is 3.62. The number of rotatable bonds is 5. The van der Waals surface area contributed by atoms with Crippen LogP contribution in [0.25, 0.3) is 10.9 Å². The van der Waals surface area contributed by atoms with Crippen LogP contribution in [-0.4, -0.2) is 18.6 Å². The minimum Gasteiger partial charge on any atom is -0.496 e. The normalized spacial score (nSPS) is 15.2. The molecule has 0 radical (unpaired) electrons. The molecule has 1 unspecified atom stereocenters. The molecule has 1 aliphatic rings. The van der Waals surface area contributed by atoms with Gasteiger partial charge in [0.15, 0.2) is 0 Å². The van der Waals surface area contributed by atoms with E-state index in [1.54, 1.807) is 19.2 Å². The Morgan fingerprint density at radius 2 is 1.84 bits per heavy atom. The van der Waals surface area contributed by atoms with Gasteiger partial charge >= 0.3 is 0 Å². The van der Waals surface area contributed by atoms with E-state index in [0.717, 1.165) is 29.8 Å². The van der Waals surface area contributed by atoms with E-state index in [0.29, 0.717) is 12.4 Å². The van der Waals surface area contributed by atoms with E-state index in [-0.39, 0.29) is 24.3 Å². The Morgan fingerprint density at radius 3 is 2.65 bits per heavy atom. The summed E-state index contributed by atoms with van der Waals surface area (Å²) in [5, 5.41) is 4.94. The second kappa shape index (κ2) is 9.00. The molecule has 5 rings (SSSR count). The second-order valence-electron chi connectivity index (χ2n) is 7.51. The topological polar surface area (TPSA) is 46.3 Å². The third-order valence-electron chi connectivity index (χ3n) is 5.70. The number of hydrogen-bond acceptors (Lipinski definition) is 3. The van der Waals surface area contributed by atoms with Crippen molar-refractivity contribution in [2.45, 2.75) is 19.1 Å². The first-order chi connectivity index (χ1) is 14.7. The zero-order chi connectivity index (χ0) is 20.5. The Kier molecular flexibility index (Phi) is 6.16. The fourth-order valence-corrected chi connectivity index (χ4v) is 4.25. The van der Waals surface area contributed by atoms with Crippen molar-refractivity contribution in [1.29, 1.82) is 0 Å². The summed E-state index contributed by atoms with van der Waals surface area (Å²) >= 11 is 0. The third kappa shape index (κ3) is 4.11. The zero-order valence-electron chi connectivity index (χ0n) is 17.2. The van der Waals surface area contributed by atoms with Gasteiger partial charge in [-0.15, -0.1) is 12.4 Å². The highest BCUT2D eigenvalue weighted by Crippen LogP contribution is 2.35. The van der Waals surface area contributed by atoms with Crippen molar-refractivity contribution in [3.63, 3.8) is 0 Å². The number of aromatic nitrogens is 1. The lowest BCUT2D eigenvalue weighted by atomic mass is 9.93. The van der Waals surface area contributed by atoms with E-state index in [1.165, 1.54) is 34.3 Å². The number of hydrogen-bond donors (Lipinski definition) is 2. The maximum Gasteiger partial charge on any atom is 0.125 e. The number of benzene rings is 3. The number of fused-ring (bicyclic) bond motifs is 3. The van der Waals surface area contributed by atoms with E-state index in [9.17, 15) is 4.39 Å². The fraction of sp³-hybridized carbons (Fsp3) is 0.200. The zero-order valence-corrected chi connectivity index (χ0v) is 18.0. The minimum atomic E-state index is -0.278. The van der Waals surface area contributed by atoms with Crippen molar-refractivity contribution in [1.82, 2.24) is 10.3 Å². The first kappa shape index (κ1) is 21.2. The molecule has 160 valence electrons. The van der Waals surface area contributed by atoms with Gasteiger partial charge in [-0.2, -0.15) is 0 Å². The van der Waals surface area contributed by atoms with Crippen LogP contribution in [0.3, 0.4) is 0 Å². The molecule has 2 N–H and O–H groups in total. The summed E-state index contributed by atoms with van der Waals surface area (Å²) < 4.78 is 24.6. The Morgan fingerprint density at radius 1 is 1.03 bits per heavy atom. The second-order valence-corrected chi connectivity index (χ2v) is 7.51. The Balaban J connectivity index is 0.00000231. The van der Waals surface area contributed by atoms with Gasteiger partial charge < -0.3 is 19.8 Å². The molecule has 0 saturated heterocycles. The van der Waals surface area contributed by atoms with Crippen LogP contribution < -0.4 is 14.8 Å². The number of methoxy groups -OCH3 is 1. The van der Waals surface area contributed by atoms with Gasteiger partial charge in [-0.05, 0) is 60.0 Å². The molecule has 0 bridgehead atoms. The van der Waals surface area contributed by atoms with Crippen molar-refractivity contribution < 1.29 is 13.9 Å². The monoisotopic (exact) mass is 438 g/mol. The van der Waals surface area contributed by atoms with Crippen molar-refractivity contribution >= 4 is 23.3 Å². The van der Waals surface area contributed by atoms with Crippen LogP contribution in [0.15, 0.2) is 66.7 Å². The summed E-state index contributed by atoms with van der Waals surface area (Å²) in [5.74, 6) is 1.12. The van der Waals surface area contributed by atoms with Gasteiger partial charge in [0.2, 0.25) is 0 Å². The number of aromatic amines is 1. The van der Waals surface area contributed by atoms with E-state index < -0.39 is 0 Å². The van der Waals surface area contributed by atoms with Crippen LogP contribution in [-0.2, 0) is 13.0 Å². The lowest BCUT2D eigenvalue weighted by Crippen LogP contribution is -2.30. The summed E-state index contributed by atoms with van der Waals surface area (Å²) in [6.45, 7) is 1.27. The summed E-state index contributed by atoms with van der Waals surface area (Å²) in [5.41, 5.74) is 5.88. The molecule has 0 amide bonds. The number of para-hydroxylation sites is 1. The third-order valence-corrected chi connectivity index (χ3v) is 5.70. The van der Waals surface area contributed by atoms with Gasteiger partial charge in [0, 0.05) is 28.7 Å². The molecule has 0 spiro atoms. The number of H-pyrrole nitrogens is 1. The number of ether oxygens (including phenoxy) is 2. The quantitative estimate of drug-likeness (QED) is 0.429. The van der Waals surface area contributed by atoms with Crippen LogP contribution in [0.1, 0.15) is 28.4 Å². The molecule has 0 aliphatic carbocycles. The van der Waals surface area contributed by atoms with Gasteiger partial charge in [-0.1, -0.05) is 24.3 Å². The Bertz CT molecular complexity index is 1190. The molecule has 0 saturated carbocycles. The van der Waals surface area contributed by atoms with Crippen LogP contribution >= 0.6 is 12.4 Å². The summed E-state index contributed by atoms with van der Waals surface area (Å²) in [7, 11) is 1.66. The molecule has 1 aromatic heterocycles. The van der Waals surface area contributed by atoms with Gasteiger partial charge in [0.05, 0.1) is 13.2 Å². The molecule has 3 aromatic carbocycles. The van der Waals surface area contributed by atoms with Crippen LogP contribution in [0.5, 0.6) is 11.5 Å². The predicted molar refractivity (Wildman–Crippen MR) is 123 cm³/mol. The molecule has 0 fully saturated rings. The molecule has 6 heteroatoms. The molecule has 4 aromatic rings. The lowest BCUT2D eigenvalue weighted by molar-refractivity contribution is 0.296. The van der Waals surface area contributed by atoms with Crippen LogP contribution in [0.2, 0.25) is 0 Å². The smallest absolute Gasteiger partial charge is 0.125 e. The van der Waals surface area contributed by atoms with E-state index >= 15 is 0 Å². The van der Waals surface area contributed by atoms with Gasteiger partial charge in [0.1, 0.15) is 23.9 Å². The largest absolute Gasteiger partial charge is 0.496 e. The number of halogens is 2. The fourth-order valence-electron chi connectivity index (χ4n) is 4.25. The molecule has 1 atom stereocenters. The van der Waals surface area contributed by atoms with Crippen molar-refractivity contribution in [2.24, 2.45) is 0 Å². The molecular weight excluding hydrogens is 415 g/mol. The molecule has 31 heavy (non-hydrogen) atoms.